The van der Waals surface area contributed by atoms with Crippen molar-refractivity contribution in [3.8, 4) is 0 Å². The number of pyridine rings is 1. The van der Waals surface area contributed by atoms with Crippen LogP contribution in [0.5, 0.6) is 0 Å². The van der Waals surface area contributed by atoms with E-state index in [0.717, 1.165) is 22.7 Å². The first kappa shape index (κ1) is 19.0. The van der Waals surface area contributed by atoms with E-state index < -0.39 is 0 Å². The number of benzene rings is 1. The lowest BCUT2D eigenvalue weighted by Crippen LogP contribution is -2.45. The van der Waals surface area contributed by atoms with Gasteiger partial charge in [-0.3, -0.25) is 4.99 Å². The Hall–Kier alpha value is -2.34. The summed E-state index contributed by atoms with van der Waals surface area (Å²) in [5.41, 5.74) is 1.93. The van der Waals surface area contributed by atoms with Gasteiger partial charge in [0.05, 0.1) is 11.1 Å². The summed E-state index contributed by atoms with van der Waals surface area (Å²) in [6, 6.07) is 10.3. The van der Waals surface area contributed by atoms with Crippen molar-refractivity contribution in [2.75, 3.05) is 39.7 Å². The fourth-order valence-corrected chi connectivity index (χ4v) is 2.38. The molecule has 1 aromatic heterocycles. The Balaban J connectivity index is 2.16. The van der Waals surface area contributed by atoms with Crippen molar-refractivity contribution in [3.05, 3.63) is 35.9 Å². The maximum absolute atomic E-state index is 5.44. The summed E-state index contributed by atoms with van der Waals surface area (Å²) in [6.07, 6.45) is 0. The van der Waals surface area contributed by atoms with Gasteiger partial charge in [0.25, 0.3) is 0 Å². The Kier molecular flexibility index (Phi) is 6.20. The number of hydrogen-bond acceptors (Lipinski definition) is 4. The van der Waals surface area contributed by atoms with E-state index in [2.05, 4.69) is 27.8 Å². The second kappa shape index (κ2) is 8.16. The van der Waals surface area contributed by atoms with Crippen LogP contribution >= 0.6 is 0 Å². The average molecular weight is 343 g/mol. The van der Waals surface area contributed by atoms with Crippen molar-refractivity contribution in [2.45, 2.75) is 26.0 Å². The molecule has 136 valence electrons. The molecule has 0 bridgehead atoms. The standard InChI is InChI=1S/C19H29N5O/c1-19(2,25-6)13-22-18(20-3)21-12-14-11-17(24(4)5)23-16-10-8-7-9-15(14)16/h7-11H,12-13H2,1-6H3,(H2,20,21,22). The summed E-state index contributed by atoms with van der Waals surface area (Å²) in [5, 5.41) is 7.83. The van der Waals surface area contributed by atoms with Crippen molar-refractivity contribution in [2.24, 2.45) is 4.99 Å². The number of guanidine groups is 1. The van der Waals surface area contributed by atoms with Crippen molar-refractivity contribution in [3.63, 3.8) is 0 Å². The van der Waals surface area contributed by atoms with E-state index in [0.29, 0.717) is 13.1 Å². The van der Waals surface area contributed by atoms with Crippen molar-refractivity contribution in [1.82, 2.24) is 15.6 Å². The number of methoxy groups -OCH3 is 1. The molecule has 1 heterocycles. The highest BCUT2D eigenvalue weighted by atomic mass is 16.5. The van der Waals surface area contributed by atoms with Crippen LogP contribution in [0.1, 0.15) is 19.4 Å². The summed E-state index contributed by atoms with van der Waals surface area (Å²) < 4.78 is 5.44. The summed E-state index contributed by atoms with van der Waals surface area (Å²) in [4.78, 5) is 11.0. The second-order valence-electron chi connectivity index (χ2n) is 6.79. The number of anilines is 1. The van der Waals surface area contributed by atoms with Gasteiger partial charge >= 0.3 is 0 Å². The van der Waals surface area contributed by atoms with Gasteiger partial charge < -0.3 is 20.3 Å². The van der Waals surface area contributed by atoms with Gasteiger partial charge in [-0.2, -0.15) is 0 Å². The molecule has 2 N–H and O–H groups in total. The zero-order chi connectivity index (χ0) is 18.4. The normalized spacial score (nSPS) is 12.3. The number of aliphatic imine (C=N–C) groups is 1. The number of para-hydroxylation sites is 1. The lowest BCUT2D eigenvalue weighted by Gasteiger charge is -2.24. The molecule has 0 radical (unpaired) electrons. The van der Waals surface area contributed by atoms with E-state index in [1.54, 1.807) is 14.2 Å². The van der Waals surface area contributed by atoms with Gasteiger partial charge in [-0.05, 0) is 31.5 Å². The van der Waals surface area contributed by atoms with Crippen molar-refractivity contribution < 1.29 is 4.74 Å². The zero-order valence-corrected chi connectivity index (χ0v) is 16.1. The fourth-order valence-electron chi connectivity index (χ4n) is 2.38. The number of hydrogen-bond donors (Lipinski definition) is 2. The molecule has 2 aromatic rings. The summed E-state index contributed by atoms with van der Waals surface area (Å²) in [7, 11) is 7.48. The number of rotatable bonds is 6. The average Bonchev–Trinajstić information content (AvgIpc) is 2.61. The van der Waals surface area contributed by atoms with Crippen molar-refractivity contribution >= 4 is 22.7 Å². The fraction of sp³-hybridized carbons (Fsp3) is 0.474. The summed E-state index contributed by atoms with van der Waals surface area (Å²) in [6.45, 7) is 5.40. The van der Waals surface area contributed by atoms with Crippen molar-refractivity contribution in [1.29, 1.82) is 0 Å². The molecule has 25 heavy (non-hydrogen) atoms. The molecule has 0 spiro atoms. The number of aromatic nitrogens is 1. The predicted octanol–water partition coefficient (Wildman–Crippen LogP) is 2.39. The third-order valence-corrected chi connectivity index (χ3v) is 4.15. The van der Waals surface area contributed by atoms with E-state index >= 15 is 0 Å². The molecule has 6 heteroatoms. The van der Waals surface area contributed by atoms with Crippen LogP contribution in [-0.4, -0.2) is 51.3 Å². The first-order chi connectivity index (χ1) is 11.9. The highest BCUT2D eigenvalue weighted by molar-refractivity contribution is 5.85. The van der Waals surface area contributed by atoms with E-state index in [9.17, 15) is 0 Å². The molecule has 0 fully saturated rings. The summed E-state index contributed by atoms with van der Waals surface area (Å²) >= 11 is 0. The number of nitrogens with zero attached hydrogens (tertiary/aromatic N) is 3. The molecule has 0 aliphatic rings. The minimum Gasteiger partial charge on any atom is -0.377 e. The lowest BCUT2D eigenvalue weighted by molar-refractivity contribution is 0.0268. The van der Waals surface area contributed by atoms with Crippen LogP contribution < -0.4 is 15.5 Å². The Labute approximate surface area is 150 Å². The monoisotopic (exact) mass is 343 g/mol. The molecule has 1 aromatic carbocycles. The largest absolute Gasteiger partial charge is 0.377 e. The van der Waals surface area contributed by atoms with E-state index in [4.69, 9.17) is 9.72 Å². The Morgan fingerprint density at radius 3 is 2.60 bits per heavy atom. The van der Waals surface area contributed by atoms with Crippen LogP contribution in [0.3, 0.4) is 0 Å². The van der Waals surface area contributed by atoms with Gasteiger partial charge in [-0.25, -0.2) is 4.98 Å². The highest BCUT2D eigenvalue weighted by Gasteiger charge is 2.16. The van der Waals surface area contributed by atoms with Gasteiger partial charge in [-0.1, -0.05) is 18.2 Å². The Bertz CT molecular complexity index is 740. The van der Waals surface area contributed by atoms with E-state index in [1.807, 2.05) is 51.0 Å². The predicted molar refractivity (Wildman–Crippen MR) is 105 cm³/mol. The van der Waals surface area contributed by atoms with Crippen LogP contribution in [0.25, 0.3) is 10.9 Å². The molecule has 0 aliphatic carbocycles. The quantitative estimate of drug-likeness (QED) is 0.623. The molecule has 0 atom stereocenters. The molecule has 0 unspecified atom stereocenters. The molecular weight excluding hydrogens is 314 g/mol. The number of fused-ring (bicyclic) bond motifs is 1. The van der Waals surface area contributed by atoms with Crippen LogP contribution in [0.2, 0.25) is 0 Å². The van der Waals surface area contributed by atoms with Crippen LogP contribution in [-0.2, 0) is 11.3 Å². The van der Waals surface area contributed by atoms with Gasteiger partial charge in [-0.15, -0.1) is 0 Å². The van der Waals surface area contributed by atoms with Gasteiger partial charge in [0.2, 0.25) is 0 Å². The Morgan fingerprint density at radius 2 is 1.96 bits per heavy atom. The summed E-state index contributed by atoms with van der Waals surface area (Å²) in [5.74, 6) is 1.69. The molecule has 0 amide bonds. The van der Waals surface area contributed by atoms with Gasteiger partial charge in [0.1, 0.15) is 5.82 Å². The number of ether oxygens (including phenoxy) is 1. The van der Waals surface area contributed by atoms with E-state index in [1.165, 1.54) is 5.56 Å². The topological polar surface area (TPSA) is 61.8 Å². The van der Waals surface area contributed by atoms with Gasteiger partial charge in [0, 0.05) is 46.7 Å². The smallest absolute Gasteiger partial charge is 0.191 e. The second-order valence-corrected chi connectivity index (χ2v) is 6.79. The molecule has 0 saturated heterocycles. The first-order valence-corrected chi connectivity index (χ1v) is 8.42. The van der Waals surface area contributed by atoms with Crippen LogP contribution in [0.4, 0.5) is 5.82 Å². The highest BCUT2D eigenvalue weighted by Crippen LogP contribution is 2.21. The van der Waals surface area contributed by atoms with Crippen LogP contribution in [0, 0.1) is 0 Å². The molecule has 6 nitrogen and oxygen atoms in total. The molecule has 2 rings (SSSR count). The SMILES string of the molecule is CN=C(NCc1cc(N(C)C)nc2ccccc12)NCC(C)(C)OC. The Morgan fingerprint density at radius 1 is 1.24 bits per heavy atom. The maximum Gasteiger partial charge on any atom is 0.191 e. The lowest BCUT2D eigenvalue weighted by atomic mass is 10.1. The van der Waals surface area contributed by atoms with E-state index in [-0.39, 0.29) is 5.60 Å². The van der Waals surface area contributed by atoms with Gasteiger partial charge in [0.15, 0.2) is 5.96 Å². The van der Waals surface area contributed by atoms with Crippen LogP contribution in [0.15, 0.2) is 35.3 Å². The minimum atomic E-state index is -0.251. The molecular formula is C19H29N5O. The molecule has 0 saturated carbocycles. The minimum absolute atomic E-state index is 0.251. The molecule has 0 aliphatic heterocycles. The maximum atomic E-state index is 5.44. The third-order valence-electron chi connectivity index (χ3n) is 4.15. The number of nitrogens with one attached hydrogen (secondary N) is 2. The third kappa shape index (κ3) is 5.06. The zero-order valence-electron chi connectivity index (χ0n) is 16.1. The first-order valence-electron chi connectivity index (χ1n) is 8.42.